The number of ether oxygens (including phenoxy) is 2. The van der Waals surface area contributed by atoms with Gasteiger partial charge in [-0.15, -0.1) is 0 Å². The molecule has 5 atom stereocenters. The van der Waals surface area contributed by atoms with Gasteiger partial charge < -0.3 is 9.47 Å². The van der Waals surface area contributed by atoms with Crippen molar-refractivity contribution in [1.29, 1.82) is 0 Å². The molecule has 3 saturated heterocycles. The molecule has 2 bridgehead atoms. The molecule has 0 saturated carbocycles. The molecule has 0 radical (unpaired) electrons. The van der Waals surface area contributed by atoms with Crippen LogP contribution in [0.5, 0.6) is 0 Å². The van der Waals surface area contributed by atoms with E-state index in [-0.39, 0.29) is 23.5 Å². The predicted molar refractivity (Wildman–Crippen MR) is 75.0 cm³/mol. The average molecular weight is 368 g/mol. The summed E-state index contributed by atoms with van der Waals surface area (Å²) >= 11 is 3.06. The molecule has 8 heteroatoms. The summed E-state index contributed by atoms with van der Waals surface area (Å²) in [5.74, 6) is -0.388. The fourth-order valence-electron chi connectivity index (χ4n) is 3.66. The van der Waals surface area contributed by atoms with E-state index in [4.69, 9.17) is 9.47 Å². The van der Waals surface area contributed by atoms with Gasteiger partial charge in [-0.1, -0.05) is 15.9 Å². The zero-order valence-electron chi connectivity index (χ0n) is 11.6. The predicted octanol–water partition coefficient (Wildman–Crippen LogP) is 0.645. The maximum atomic E-state index is 12.7. The summed E-state index contributed by atoms with van der Waals surface area (Å²) in [4.78, 5) is 11.5. The lowest BCUT2D eigenvalue weighted by molar-refractivity contribution is -0.150. The maximum Gasteiger partial charge on any atom is 0.316 e. The number of hydrogen-bond acceptors (Lipinski definition) is 5. The second kappa shape index (κ2) is 4.41. The number of fused-ring (bicyclic) bond motifs is 1. The minimum absolute atomic E-state index is 0.0965. The van der Waals surface area contributed by atoms with E-state index in [9.17, 15) is 13.2 Å². The lowest BCUT2D eigenvalue weighted by Gasteiger charge is -2.36. The fraction of sp³-hybridized carbons (Fsp3) is 0.917. The summed E-state index contributed by atoms with van der Waals surface area (Å²) in [6.07, 6.45) is -0.772. The van der Waals surface area contributed by atoms with Crippen LogP contribution in [0, 0.1) is 0 Å². The number of alkyl halides is 1. The Bertz CT molecular complexity index is 543. The number of carbonyl (C=O) groups is 1. The van der Waals surface area contributed by atoms with Crippen LogP contribution in [-0.4, -0.2) is 59.2 Å². The number of hydrogen-bond donors (Lipinski definition) is 0. The van der Waals surface area contributed by atoms with E-state index >= 15 is 0 Å². The first-order valence-corrected chi connectivity index (χ1v) is 9.24. The van der Waals surface area contributed by atoms with Gasteiger partial charge in [0.2, 0.25) is 10.0 Å². The van der Waals surface area contributed by atoms with Crippen molar-refractivity contribution in [2.24, 2.45) is 0 Å². The largest absolute Gasteiger partial charge is 0.457 e. The number of esters is 1. The van der Waals surface area contributed by atoms with Crippen molar-refractivity contribution in [2.45, 2.75) is 62.3 Å². The first-order valence-electron chi connectivity index (χ1n) is 6.62. The van der Waals surface area contributed by atoms with Crippen LogP contribution in [-0.2, 0) is 24.3 Å². The monoisotopic (exact) mass is 367 g/mol. The molecule has 0 aromatic carbocycles. The first kappa shape index (κ1) is 14.7. The van der Waals surface area contributed by atoms with Crippen LogP contribution in [0.3, 0.4) is 0 Å². The molecule has 0 N–H and O–H groups in total. The van der Waals surface area contributed by atoms with Gasteiger partial charge in [-0.2, -0.15) is 4.31 Å². The summed E-state index contributed by atoms with van der Waals surface area (Å²) in [5, 5.41) is -0.394. The lowest BCUT2D eigenvalue weighted by atomic mass is 9.90. The van der Waals surface area contributed by atoms with Gasteiger partial charge in [-0.3, -0.25) is 4.79 Å². The van der Waals surface area contributed by atoms with Crippen molar-refractivity contribution >= 4 is 31.9 Å². The third kappa shape index (κ3) is 1.88. The number of nitrogens with zero attached hydrogens (tertiary/aromatic N) is 1. The van der Waals surface area contributed by atoms with E-state index in [1.54, 1.807) is 0 Å². The van der Waals surface area contributed by atoms with E-state index in [1.807, 2.05) is 20.8 Å². The van der Waals surface area contributed by atoms with Crippen LogP contribution in [0.2, 0.25) is 0 Å². The zero-order chi connectivity index (χ0) is 14.9. The minimum atomic E-state index is -3.40. The third-order valence-corrected chi connectivity index (χ3v) is 7.19. The quantitative estimate of drug-likeness (QED) is 0.529. The molecule has 0 spiro atoms. The van der Waals surface area contributed by atoms with Gasteiger partial charge in [0.15, 0.2) is 0 Å². The van der Waals surface area contributed by atoms with E-state index in [0.29, 0.717) is 6.42 Å². The molecule has 0 amide bonds. The van der Waals surface area contributed by atoms with Crippen LogP contribution in [0.15, 0.2) is 0 Å². The van der Waals surface area contributed by atoms with E-state index in [2.05, 4.69) is 15.9 Å². The van der Waals surface area contributed by atoms with Crippen molar-refractivity contribution in [2.75, 3.05) is 5.33 Å². The highest BCUT2D eigenvalue weighted by molar-refractivity contribution is 9.09. The van der Waals surface area contributed by atoms with Crippen molar-refractivity contribution in [3.05, 3.63) is 0 Å². The van der Waals surface area contributed by atoms with Crippen LogP contribution in [0.1, 0.15) is 27.2 Å². The molecular weight excluding hydrogens is 350 g/mol. The molecule has 3 aliphatic heterocycles. The Labute approximate surface area is 127 Å². The minimum Gasteiger partial charge on any atom is -0.457 e. The highest BCUT2D eigenvalue weighted by Crippen LogP contribution is 2.51. The van der Waals surface area contributed by atoms with Gasteiger partial charge in [-0.25, -0.2) is 8.42 Å². The summed E-state index contributed by atoms with van der Waals surface area (Å²) in [6.45, 7) is 5.56. The van der Waals surface area contributed by atoms with Gasteiger partial charge in [-0.05, 0) is 27.2 Å². The molecule has 5 unspecified atom stereocenters. The number of halogens is 1. The maximum absolute atomic E-state index is 12.7. The Morgan fingerprint density at radius 3 is 2.65 bits per heavy atom. The van der Waals surface area contributed by atoms with Gasteiger partial charge in [0.05, 0.1) is 18.2 Å². The normalized spacial score (nSPS) is 42.1. The Morgan fingerprint density at radius 2 is 2.10 bits per heavy atom. The van der Waals surface area contributed by atoms with Crippen LogP contribution in [0.4, 0.5) is 0 Å². The van der Waals surface area contributed by atoms with Crippen molar-refractivity contribution < 1.29 is 22.7 Å². The van der Waals surface area contributed by atoms with Gasteiger partial charge in [0.25, 0.3) is 0 Å². The van der Waals surface area contributed by atoms with Crippen LogP contribution >= 0.6 is 15.9 Å². The van der Waals surface area contributed by atoms with E-state index in [1.165, 1.54) is 4.31 Å². The average Bonchev–Trinajstić information content (AvgIpc) is 2.90. The topological polar surface area (TPSA) is 72.9 Å². The Hall–Kier alpha value is -0.180. The molecule has 3 aliphatic rings. The summed E-state index contributed by atoms with van der Waals surface area (Å²) in [7, 11) is -3.40. The lowest BCUT2D eigenvalue weighted by Crippen LogP contribution is -2.53. The summed E-state index contributed by atoms with van der Waals surface area (Å²) in [5.41, 5.74) is -0.557. The smallest absolute Gasteiger partial charge is 0.316 e. The summed E-state index contributed by atoms with van der Waals surface area (Å²) in [6, 6.07) is -0.397. The molecule has 3 fully saturated rings. The molecule has 114 valence electrons. The van der Waals surface area contributed by atoms with E-state index < -0.39 is 33.0 Å². The second-order valence-corrected chi connectivity index (χ2v) is 9.09. The molecule has 0 aromatic rings. The van der Waals surface area contributed by atoms with Gasteiger partial charge in [0, 0.05) is 5.54 Å². The molecule has 0 aliphatic carbocycles. The summed E-state index contributed by atoms with van der Waals surface area (Å²) < 4.78 is 38.0. The fourth-order valence-corrected chi connectivity index (χ4v) is 6.42. The van der Waals surface area contributed by atoms with Crippen LogP contribution in [0.25, 0.3) is 0 Å². The molecule has 6 nitrogen and oxygen atoms in total. The molecule has 20 heavy (non-hydrogen) atoms. The van der Waals surface area contributed by atoms with Gasteiger partial charge in [0.1, 0.15) is 16.7 Å². The highest BCUT2D eigenvalue weighted by atomic mass is 79.9. The number of carbonyl (C=O) groups excluding carboxylic acids is 1. The van der Waals surface area contributed by atoms with Crippen molar-refractivity contribution in [1.82, 2.24) is 4.31 Å². The Balaban J connectivity index is 1.99. The van der Waals surface area contributed by atoms with Crippen molar-refractivity contribution in [3.8, 4) is 0 Å². The molecular formula is C12H18BrNO5S. The van der Waals surface area contributed by atoms with Crippen molar-refractivity contribution in [3.63, 3.8) is 0 Å². The number of rotatable bonds is 2. The molecule has 3 heterocycles. The first-order chi connectivity index (χ1) is 9.17. The highest BCUT2D eigenvalue weighted by Gasteiger charge is 2.70. The zero-order valence-corrected chi connectivity index (χ0v) is 14.0. The van der Waals surface area contributed by atoms with Crippen LogP contribution < -0.4 is 0 Å². The molecule has 0 aromatic heterocycles. The SMILES string of the molecule is CC(C)(C)N1C2C(OC(=O)CBr)C3CC(C2O3)S1(=O)=O. The standard InChI is InChI=1S/C12H18BrNO5S/c1-12(2,3)14-9-10(19-8(15)5-13)6-4-7(11(9)18-6)20(14,16)17/h6-7,9-11H,4-5H2,1-3H3. The Kier molecular flexibility index (Phi) is 3.25. The van der Waals surface area contributed by atoms with Gasteiger partial charge >= 0.3 is 5.97 Å². The van der Waals surface area contributed by atoms with E-state index in [0.717, 1.165) is 0 Å². The number of sulfonamides is 1. The Morgan fingerprint density at radius 1 is 1.45 bits per heavy atom. The third-order valence-electron chi connectivity index (χ3n) is 4.17. The second-order valence-electron chi connectivity index (χ2n) is 6.50. The molecule has 3 rings (SSSR count).